The fourth-order valence-corrected chi connectivity index (χ4v) is 2.08. The Morgan fingerprint density at radius 3 is 2.76 bits per heavy atom. The molecule has 0 aliphatic carbocycles. The lowest BCUT2D eigenvalue weighted by Crippen LogP contribution is -2.29. The van der Waals surface area contributed by atoms with Gasteiger partial charge in [0.05, 0.1) is 17.1 Å². The lowest BCUT2D eigenvalue weighted by Gasteiger charge is -2.15. The number of amides is 1. The van der Waals surface area contributed by atoms with E-state index in [1.54, 1.807) is 6.92 Å². The monoisotopic (exact) mass is 255 g/mol. The minimum absolute atomic E-state index is 0.0158. The highest BCUT2D eigenvalue weighted by Crippen LogP contribution is 2.23. The van der Waals surface area contributed by atoms with Gasteiger partial charge in [0.15, 0.2) is 5.78 Å². The Balaban J connectivity index is 2.31. The number of carbonyl (C=O) groups is 2. The van der Waals surface area contributed by atoms with Crippen LogP contribution in [-0.4, -0.2) is 29.7 Å². The molecule has 3 nitrogen and oxygen atoms in total. The first-order valence-corrected chi connectivity index (χ1v) is 5.63. The minimum Gasteiger partial charge on any atom is -0.331 e. The minimum atomic E-state index is -0.469. The van der Waals surface area contributed by atoms with E-state index in [-0.39, 0.29) is 28.8 Å². The number of ketones is 1. The SMILES string of the molecule is Cc1cc(Cl)c(C(=O)N2CCC(=O)C2)cc1F. The Morgan fingerprint density at radius 1 is 1.47 bits per heavy atom. The molecule has 0 spiro atoms. The second-order valence-corrected chi connectivity index (χ2v) is 4.50. The van der Waals surface area contributed by atoms with Crippen LogP contribution in [0, 0.1) is 12.7 Å². The highest BCUT2D eigenvalue weighted by molar-refractivity contribution is 6.34. The number of benzene rings is 1. The van der Waals surface area contributed by atoms with Gasteiger partial charge < -0.3 is 4.90 Å². The van der Waals surface area contributed by atoms with Crippen LogP contribution in [0.3, 0.4) is 0 Å². The van der Waals surface area contributed by atoms with Crippen molar-refractivity contribution in [3.63, 3.8) is 0 Å². The molecule has 0 radical (unpaired) electrons. The molecule has 1 aromatic carbocycles. The van der Waals surface area contributed by atoms with Crippen molar-refractivity contribution in [3.05, 3.63) is 34.1 Å². The van der Waals surface area contributed by atoms with Crippen molar-refractivity contribution in [2.24, 2.45) is 0 Å². The molecule has 1 aliphatic heterocycles. The maximum atomic E-state index is 13.4. The molecule has 0 atom stereocenters. The van der Waals surface area contributed by atoms with E-state index in [1.807, 2.05) is 0 Å². The molecule has 1 saturated heterocycles. The van der Waals surface area contributed by atoms with Gasteiger partial charge in [0.2, 0.25) is 0 Å². The Morgan fingerprint density at radius 2 is 2.18 bits per heavy atom. The molecule has 1 aliphatic rings. The standard InChI is InChI=1S/C12H11ClFNO2/c1-7-4-10(13)9(5-11(7)14)12(17)15-3-2-8(16)6-15/h4-5H,2-3,6H2,1H3. The molecule has 1 heterocycles. The van der Waals surface area contributed by atoms with Crippen molar-refractivity contribution in [1.82, 2.24) is 4.90 Å². The fourth-order valence-electron chi connectivity index (χ4n) is 1.78. The van der Waals surface area contributed by atoms with Crippen LogP contribution in [0.5, 0.6) is 0 Å². The average Bonchev–Trinajstić information content (AvgIpc) is 2.69. The summed E-state index contributed by atoms with van der Waals surface area (Å²) >= 11 is 5.91. The van der Waals surface area contributed by atoms with Gasteiger partial charge >= 0.3 is 0 Å². The van der Waals surface area contributed by atoms with Crippen molar-refractivity contribution in [2.45, 2.75) is 13.3 Å². The molecule has 1 amide bonds. The first kappa shape index (κ1) is 12.0. The van der Waals surface area contributed by atoms with E-state index in [9.17, 15) is 14.0 Å². The quantitative estimate of drug-likeness (QED) is 0.772. The number of nitrogens with zero attached hydrogens (tertiary/aromatic N) is 1. The Kier molecular flexibility index (Phi) is 3.15. The summed E-state index contributed by atoms with van der Waals surface area (Å²) in [6.45, 7) is 2.04. The molecule has 0 bridgehead atoms. The summed E-state index contributed by atoms with van der Waals surface area (Å²) in [5, 5.41) is 0.216. The summed E-state index contributed by atoms with van der Waals surface area (Å²) < 4.78 is 13.4. The predicted octanol–water partition coefficient (Wildman–Crippen LogP) is 2.20. The van der Waals surface area contributed by atoms with Crippen molar-refractivity contribution in [2.75, 3.05) is 13.1 Å². The van der Waals surface area contributed by atoms with Gasteiger partial charge in [0.25, 0.3) is 5.91 Å². The van der Waals surface area contributed by atoms with Crippen LogP contribution in [0.15, 0.2) is 12.1 Å². The lowest BCUT2D eigenvalue weighted by atomic mass is 10.1. The fraction of sp³-hybridized carbons (Fsp3) is 0.333. The number of carbonyl (C=O) groups excluding carboxylic acids is 2. The van der Waals surface area contributed by atoms with Crippen molar-refractivity contribution in [1.29, 1.82) is 0 Å². The predicted molar refractivity (Wildman–Crippen MR) is 61.7 cm³/mol. The van der Waals surface area contributed by atoms with Gasteiger partial charge in [-0.1, -0.05) is 11.6 Å². The summed E-state index contributed by atoms with van der Waals surface area (Å²) in [5.74, 6) is -0.843. The summed E-state index contributed by atoms with van der Waals surface area (Å²) in [6.07, 6.45) is 0.359. The molecule has 5 heteroatoms. The third-order valence-electron chi connectivity index (χ3n) is 2.79. The Labute approximate surface area is 103 Å². The third kappa shape index (κ3) is 2.31. The molecule has 2 rings (SSSR count). The average molecular weight is 256 g/mol. The molecule has 1 fully saturated rings. The third-order valence-corrected chi connectivity index (χ3v) is 3.11. The van der Waals surface area contributed by atoms with E-state index in [2.05, 4.69) is 0 Å². The molecule has 0 aromatic heterocycles. The smallest absolute Gasteiger partial charge is 0.255 e. The molecule has 90 valence electrons. The van der Waals surface area contributed by atoms with Gasteiger partial charge in [0, 0.05) is 13.0 Å². The first-order chi connectivity index (χ1) is 7.99. The van der Waals surface area contributed by atoms with Gasteiger partial charge in [-0.2, -0.15) is 0 Å². The largest absolute Gasteiger partial charge is 0.331 e. The van der Waals surface area contributed by atoms with Crippen molar-refractivity contribution >= 4 is 23.3 Å². The van der Waals surface area contributed by atoms with Crippen LogP contribution in [0.2, 0.25) is 5.02 Å². The van der Waals surface area contributed by atoms with Crippen LogP contribution < -0.4 is 0 Å². The van der Waals surface area contributed by atoms with Crippen molar-refractivity contribution < 1.29 is 14.0 Å². The Hall–Kier alpha value is -1.42. The van der Waals surface area contributed by atoms with Gasteiger partial charge in [-0.15, -0.1) is 0 Å². The number of Topliss-reactive ketones (excluding diaryl/α,β-unsaturated/α-hetero) is 1. The normalized spacial score (nSPS) is 15.5. The second-order valence-electron chi connectivity index (χ2n) is 4.10. The maximum absolute atomic E-state index is 13.4. The molecule has 0 N–H and O–H groups in total. The molecular weight excluding hydrogens is 245 g/mol. The van der Waals surface area contributed by atoms with Gasteiger partial charge in [-0.25, -0.2) is 4.39 Å². The topological polar surface area (TPSA) is 37.4 Å². The van der Waals surface area contributed by atoms with Gasteiger partial charge in [-0.3, -0.25) is 9.59 Å². The number of hydrogen-bond donors (Lipinski definition) is 0. The summed E-state index contributed by atoms with van der Waals surface area (Å²) in [4.78, 5) is 24.5. The van der Waals surface area contributed by atoms with Crippen molar-refractivity contribution in [3.8, 4) is 0 Å². The number of likely N-dealkylation sites (tertiary alicyclic amines) is 1. The number of halogens is 2. The number of hydrogen-bond acceptors (Lipinski definition) is 2. The highest BCUT2D eigenvalue weighted by atomic mass is 35.5. The van der Waals surface area contributed by atoms with E-state index >= 15 is 0 Å². The molecule has 17 heavy (non-hydrogen) atoms. The van der Waals surface area contributed by atoms with Crippen LogP contribution in [0.25, 0.3) is 0 Å². The lowest BCUT2D eigenvalue weighted by molar-refractivity contribution is -0.116. The summed E-state index contributed by atoms with van der Waals surface area (Å²) in [7, 11) is 0. The molecule has 0 saturated carbocycles. The van der Waals surface area contributed by atoms with E-state index in [0.29, 0.717) is 18.5 Å². The zero-order valence-corrected chi connectivity index (χ0v) is 10.1. The highest BCUT2D eigenvalue weighted by Gasteiger charge is 2.26. The zero-order valence-electron chi connectivity index (χ0n) is 9.30. The van der Waals surface area contributed by atoms with E-state index < -0.39 is 5.82 Å². The number of aryl methyl sites for hydroxylation is 1. The molecule has 1 aromatic rings. The van der Waals surface area contributed by atoms with Crippen LogP contribution in [0.1, 0.15) is 22.3 Å². The van der Waals surface area contributed by atoms with E-state index in [4.69, 9.17) is 11.6 Å². The summed E-state index contributed by atoms with van der Waals surface area (Å²) in [6, 6.07) is 2.55. The molecular formula is C12H11ClFNO2. The Bertz CT molecular complexity index is 502. The van der Waals surface area contributed by atoms with Crippen LogP contribution in [-0.2, 0) is 4.79 Å². The number of rotatable bonds is 1. The summed E-state index contributed by atoms with van der Waals surface area (Å²) in [5.41, 5.74) is 0.508. The zero-order chi connectivity index (χ0) is 12.6. The molecule has 0 unspecified atom stereocenters. The maximum Gasteiger partial charge on any atom is 0.255 e. The van der Waals surface area contributed by atoms with E-state index in [0.717, 1.165) is 6.07 Å². The van der Waals surface area contributed by atoms with E-state index in [1.165, 1.54) is 11.0 Å². The second kappa shape index (κ2) is 4.45. The van der Waals surface area contributed by atoms with Gasteiger partial charge in [0.1, 0.15) is 5.82 Å². The van der Waals surface area contributed by atoms with Gasteiger partial charge in [-0.05, 0) is 24.6 Å². The van der Waals surface area contributed by atoms with Crippen LogP contribution >= 0.6 is 11.6 Å². The van der Waals surface area contributed by atoms with Crippen LogP contribution in [0.4, 0.5) is 4.39 Å². The first-order valence-electron chi connectivity index (χ1n) is 5.25.